The Morgan fingerprint density at radius 1 is 1.11 bits per heavy atom. The summed E-state index contributed by atoms with van der Waals surface area (Å²) in [4.78, 5) is 8.58. The van der Waals surface area contributed by atoms with Crippen LogP contribution in [-0.4, -0.2) is 9.97 Å². The van der Waals surface area contributed by atoms with Gasteiger partial charge in [-0.05, 0) is 38.5 Å². The molecule has 0 saturated carbocycles. The van der Waals surface area contributed by atoms with E-state index in [0.717, 1.165) is 16.8 Å². The average Bonchev–Trinajstić information content (AvgIpc) is 2.37. The van der Waals surface area contributed by atoms with Crippen molar-refractivity contribution in [2.75, 3.05) is 10.7 Å². The topological polar surface area (TPSA) is 75.9 Å². The van der Waals surface area contributed by atoms with Gasteiger partial charge in [0.05, 0.1) is 0 Å². The molecule has 1 heterocycles. The fourth-order valence-electron chi connectivity index (χ4n) is 1.70. The zero-order chi connectivity index (χ0) is 14.0. The molecule has 0 amide bonds. The first kappa shape index (κ1) is 13.6. The molecular weight excluding hydrogens is 262 g/mol. The van der Waals surface area contributed by atoms with Crippen molar-refractivity contribution in [1.82, 2.24) is 9.97 Å². The van der Waals surface area contributed by atoms with Crippen LogP contribution in [-0.2, 0) is 0 Å². The summed E-state index contributed by atoms with van der Waals surface area (Å²) in [5.74, 6) is 7.39. The molecule has 0 aliphatic heterocycles. The van der Waals surface area contributed by atoms with Crippen LogP contribution in [0.1, 0.15) is 17.0 Å². The number of hydrogen-bond donors (Lipinski definition) is 3. The number of rotatable bonds is 3. The van der Waals surface area contributed by atoms with Gasteiger partial charge in [0, 0.05) is 16.3 Å². The molecule has 0 spiro atoms. The van der Waals surface area contributed by atoms with Crippen molar-refractivity contribution < 1.29 is 0 Å². The first-order chi connectivity index (χ1) is 9.01. The van der Waals surface area contributed by atoms with Crippen molar-refractivity contribution in [3.8, 4) is 0 Å². The van der Waals surface area contributed by atoms with Gasteiger partial charge < -0.3 is 10.7 Å². The molecule has 0 saturated heterocycles. The predicted octanol–water partition coefficient (Wildman–Crippen LogP) is 3.08. The quantitative estimate of drug-likeness (QED) is 0.594. The molecule has 0 unspecified atom stereocenters. The third kappa shape index (κ3) is 2.94. The molecule has 6 heteroatoms. The molecule has 0 atom stereocenters. The monoisotopic (exact) mass is 277 g/mol. The van der Waals surface area contributed by atoms with Gasteiger partial charge in [-0.25, -0.2) is 15.8 Å². The molecular formula is C13H16ClN5. The predicted molar refractivity (Wildman–Crippen MR) is 78.8 cm³/mol. The van der Waals surface area contributed by atoms with E-state index >= 15 is 0 Å². The van der Waals surface area contributed by atoms with Crippen LogP contribution in [0.3, 0.4) is 0 Å². The number of hydrazine groups is 1. The van der Waals surface area contributed by atoms with Gasteiger partial charge in [0.15, 0.2) is 0 Å². The van der Waals surface area contributed by atoms with E-state index in [1.165, 1.54) is 0 Å². The summed E-state index contributed by atoms with van der Waals surface area (Å²) < 4.78 is 0. The van der Waals surface area contributed by atoms with E-state index < -0.39 is 0 Å². The van der Waals surface area contributed by atoms with E-state index in [4.69, 9.17) is 17.4 Å². The van der Waals surface area contributed by atoms with Crippen LogP contribution in [0.5, 0.6) is 0 Å². The Bertz CT molecular complexity index is 612. The Balaban J connectivity index is 2.37. The lowest BCUT2D eigenvalue weighted by Crippen LogP contribution is -2.13. The Kier molecular flexibility index (Phi) is 3.87. The minimum absolute atomic E-state index is 0.605. The van der Waals surface area contributed by atoms with Gasteiger partial charge in [-0.3, -0.25) is 0 Å². The van der Waals surface area contributed by atoms with Crippen molar-refractivity contribution in [3.05, 3.63) is 40.2 Å². The molecule has 0 radical (unpaired) electrons. The van der Waals surface area contributed by atoms with Crippen molar-refractivity contribution in [3.63, 3.8) is 0 Å². The maximum absolute atomic E-state index is 6.10. The van der Waals surface area contributed by atoms with Crippen LogP contribution >= 0.6 is 11.6 Å². The highest BCUT2D eigenvalue weighted by molar-refractivity contribution is 6.31. The third-order valence-electron chi connectivity index (χ3n) is 2.83. The summed E-state index contributed by atoms with van der Waals surface area (Å²) >= 11 is 6.10. The molecule has 0 fully saturated rings. The minimum Gasteiger partial charge on any atom is -0.340 e. The maximum Gasteiger partial charge on any atom is 0.148 e. The average molecular weight is 278 g/mol. The number of nitrogens with zero attached hydrogens (tertiary/aromatic N) is 2. The second-order valence-corrected chi connectivity index (χ2v) is 4.73. The zero-order valence-corrected chi connectivity index (χ0v) is 11.8. The van der Waals surface area contributed by atoms with Gasteiger partial charge in [0.25, 0.3) is 0 Å². The van der Waals surface area contributed by atoms with Crippen LogP contribution < -0.4 is 16.6 Å². The Morgan fingerprint density at radius 2 is 1.79 bits per heavy atom. The fraction of sp³-hybridized carbons (Fsp3) is 0.231. The van der Waals surface area contributed by atoms with Gasteiger partial charge in [-0.1, -0.05) is 17.7 Å². The van der Waals surface area contributed by atoms with Crippen LogP contribution in [0.15, 0.2) is 18.2 Å². The number of hydrogen-bond acceptors (Lipinski definition) is 5. The van der Waals surface area contributed by atoms with E-state index in [2.05, 4.69) is 20.7 Å². The lowest BCUT2D eigenvalue weighted by molar-refractivity contribution is 1.03. The lowest BCUT2D eigenvalue weighted by Gasteiger charge is -2.13. The van der Waals surface area contributed by atoms with E-state index in [1.807, 2.05) is 39.0 Å². The Labute approximate surface area is 117 Å². The van der Waals surface area contributed by atoms with E-state index in [1.54, 1.807) is 0 Å². The molecule has 0 bridgehead atoms. The number of nitrogens with one attached hydrogen (secondary N) is 2. The van der Waals surface area contributed by atoms with E-state index in [9.17, 15) is 0 Å². The van der Waals surface area contributed by atoms with Gasteiger partial charge in [-0.15, -0.1) is 0 Å². The summed E-state index contributed by atoms with van der Waals surface area (Å²) in [6.45, 7) is 5.67. The standard InChI is InChI=1S/C13H16ClN5/c1-7-4-5-10(6-11(7)14)18-12-8(2)13(19-15)17-9(3)16-12/h4-6H,15H2,1-3H3,(H2,16,17,18,19). The van der Waals surface area contributed by atoms with Crippen LogP contribution in [0.2, 0.25) is 5.02 Å². The van der Waals surface area contributed by atoms with Gasteiger partial charge in [0.1, 0.15) is 17.5 Å². The van der Waals surface area contributed by atoms with Gasteiger partial charge >= 0.3 is 0 Å². The van der Waals surface area contributed by atoms with Gasteiger partial charge in [0.2, 0.25) is 0 Å². The highest BCUT2D eigenvalue weighted by Gasteiger charge is 2.09. The number of benzene rings is 1. The molecule has 1 aromatic carbocycles. The van der Waals surface area contributed by atoms with Crippen molar-refractivity contribution in [2.45, 2.75) is 20.8 Å². The van der Waals surface area contributed by atoms with Crippen LogP contribution in [0, 0.1) is 20.8 Å². The largest absolute Gasteiger partial charge is 0.340 e. The van der Waals surface area contributed by atoms with Crippen LogP contribution in [0.25, 0.3) is 0 Å². The smallest absolute Gasteiger partial charge is 0.148 e. The molecule has 1 aromatic heterocycles. The maximum atomic E-state index is 6.10. The Morgan fingerprint density at radius 3 is 2.42 bits per heavy atom. The summed E-state index contributed by atoms with van der Waals surface area (Å²) in [7, 11) is 0. The second-order valence-electron chi connectivity index (χ2n) is 4.33. The molecule has 0 aliphatic rings. The molecule has 100 valence electrons. The molecule has 4 N–H and O–H groups in total. The summed E-state index contributed by atoms with van der Waals surface area (Å²) in [6.07, 6.45) is 0. The molecule has 0 aliphatic carbocycles. The number of nitrogens with two attached hydrogens (primary N) is 1. The normalized spacial score (nSPS) is 10.4. The van der Waals surface area contributed by atoms with Crippen molar-refractivity contribution >= 4 is 28.9 Å². The van der Waals surface area contributed by atoms with Crippen molar-refractivity contribution in [1.29, 1.82) is 0 Å². The summed E-state index contributed by atoms with van der Waals surface area (Å²) in [5.41, 5.74) is 5.33. The first-order valence-electron chi connectivity index (χ1n) is 5.86. The number of halogens is 1. The SMILES string of the molecule is Cc1nc(NN)c(C)c(Nc2ccc(C)c(Cl)c2)n1. The molecule has 19 heavy (non-hydrogen) atoms. The zero-order valence-electron chi connectivity index (χ0n) is 11.1. The molecule has 5 nitrogen and oxygen atoms in total. The van der Waals surface area contributed by atoms with Crippen LogP contribution in [0.4, 0.5) is 17.3 Å². The fourth-order valence-corrected chi connectivity index (χ4v) is 1.88. The van der Waals surface area contributed by atoms with Crippen molar-refractivity contribution in [2.24, 2.45) is 5.84 Å². The first-order valence-corrected chi connectivity index (χ1v) is 6.24. The van der Waals surface area contributed by atoms with E-state index in [-0.39, 0.29) is 0 Å². The highest BCUT2D eigenvalue weighted by Crippen LogP contribution is 2.26. The number of aromatic nitrogens is 2. The third-order valence-corrected chi connectivity index (χ3v) is 3.24. The Hall–Kier alpha value is -1.85. The number of nitrogen functional groups attached to an aromatic ring is 1. The summed E-state index contributed by atoms with van der Waals surface area (Å²) in [5, 5.41) is 3.94. The minimum atomic E-state index is 0.605. The second kappa shape index (κ2) is 5.42. The molecule has 2 rings (SSSR count). The van der Waals surface area contributed by atoms with E-state index in [0.29, 0.717) is 22.5 Å². The lowest BCUT2D eigenvalue weighted by atomic mass is 10.2. The molecule has 2 aromatic rings. The summed E-state index contributed by atoms with van der Waals surface area (Å²) in [6, 6.07) is 5.77. The number of anilines is 3. The highest BCUT2D eigenvalue weighted by atomic mass is 35.5. The number of aryl methyl sites for hydroxylation is 2. The van der Waals surface area contributed by atoms with Gasteiger partial charge in [-0.2, -0.15) is 0 Å².